The number of aromatic nitrogens is 1. The van der Waals surface area contributed by atoms with Crippen LogP contribution in [0.5, 0.6) is 5.75 Å². The van der Waals surface area contributed by atoms with Crippen LogP contribution in [0.1, 0.15) is 32.3 Å². The second-order valence-corrected chi connectivity index (χ2v) is 8.71. The minimum absolute atomic E-state index is 0.170. The summed E-state index contributed by atoms with van der Waals surface area (Å²) in [6, 6.07) is 15.0. The van der Waals surface area contributed by atoms with Crippen LogP contribution in [0.25, 0.3) is 22.0 Å². The summed E-state index contributed by atoms with van der Waals surface area (Å²) >= 11 is 0. The number of hydrogen-bond donors (Lipinski definition) is 1. The van der Waals surface area contributed by atoms with Crippen molar-refractivity contribution in [2.24, 2.45) is 5.92 Å². The van der Waals surface area contributed by atoms with Crippen LogP contribution in [0.2, 0.25) is 0 Å². The monoisotopic (exact) mass is 462 g/mol. The van der Waals surface area contributed by atoms with Gasteiger partial charge in [0.1, 0.15) is 5.75 Å². The average molecular weight is 463 g/mol. The number of ether oxygens (including phenoxy) is 2. The Balaban J connectivity index is 1.53. The Hall–Kier alpha value is -3.61. The van der Waals surface area contributed by atoms with Gasteiger partial charge in [-0.1, -0.05) is 24.3 Å². The molecule has 7 heteroatoms. The van der Waals surface area contributed by atoms with Crippen molar-refractivity contribution in [2.45, 2.75) is 39.7 Å². The van der Waals surface area contributed by atoms with E-state index < -0.39 is 6.10 Å². The zero-order chi connectivity index (χ0) is 24.2. The number of piperidine rings is 1. The number of aromatic amines is 1. The zero-order valence-corrected chi connectivity index (χ0v) is 19.8. The van der Waals surface area contributed by atoms with Gasteiger partial charge in [0.2, 0.25) is 5.56 Å². The van der Waals surface area contributed by atoms with Gasteiger partial charge in [-0.3, -0.25) is 14.4 Å². The van der Waals surface area contributed by atoms with E-state index in [2.05, 4.69) is 4.98 Å². The van der Waals surface area contributed by atoms with Crippen LogP contribution in [0.15, 0.2) is 53.3 Å². The molecule has 1 aliphatic heterocycles. The van der Waals surface area contributed by atoms with E-state index in [4.69, 9.17) is 9.47 Å². The van der Waals surface area contributed by atoms with Gasteiger partial charge in [-0.15, -0.1) is 0 Å². The number of carbonyl (C=O) groups is 2. The molecule has 1 saturated heterocycles. The molecule has 0 spiro atoms. The zero-order valence-electron chi connectivity index (χ0n) is 19.8. The van der Waals surface area contributed by atoms with E-state index in [1.807, 2.05) is 43.3 Å². The highest BCUT2D eigenvalue weighted by atomic mass is 16.5. The van der Waals surface area contributed by atoms with Crippen LogP contribution in [0.4, 0.5) is 0 Å². The number of nitrogens with zero attached hydrogens (tertiary/aromatic N) is 1. The van der Waals surface area contributed by atoms with Crippen molar-refractivity contribution in [1.82, 2.24) is 9.88 Å². The van der Waals surface area contributed by atoms with Gasteiger partial charge in [-0.25, -0.2) is 0 Å². The highest BCUT2D eigenvalue weighted by Crippen LogP contribution is 2.31. The second-order valence-electron chi connectivity index (χ2n) is 8.71. The molecule has 7 nitrogen and oxygen atoms in total. The van der Waals surface area contributed by atoms with Gasteiger partial charge < -0.3 is 19.4 Å². The van der Waals surface area contributed by atoms with E-state index in [9.17, 15) is 14.4 Å². The predicted molar refractivity (Wildman–Crippen MR) is 131 cm³/mol. The molecule has 1 N–H and O–H groups in total. The Bertz CT molecular complexity index is 1270. The summed E-state index contributed by atoms with van der Waals surface area (Å²) in [6.07, 6.45) is 0.740. The molecule has 3 aromatic rings. The summed E-state index contributed by atoms with van der Waals surface area (Å²) in [5, 5.41) is 0.897. The fourth-order valence-corrected chi connectivity index (χ4v) is 4.55. The van der Waals surface area contributed by atoms with Crippen molar-refractivity contribution in [3.63, 3.8) is 0 Å². The smallest absolute Gasteiger partial charge is 0.310 e. The quantitative estimate of drug-likeness (QED) is 0.558. The SMILES string of the molecule is CCOC(=O)[C@H]1CCCN(C(=O)[C@@H](C)Oc2ccc3c(-c4ccccc4C)cc(=O)[nH]c3c2)C1. The van der Waals surface area contributed by atoms with Crippen LogP contribution in [-0.4, -0.2) is 47.6 Å². The fraction of sp³-hybridized carbons (Fsp3) is 0.370. The van der Waals surface area contributed by atoms with E-state index in [0.717, 1.165) is 34.9 Å². The number of rotatable bonds is 6. The second kappa shape index (κ2) is 10.1. The van der Waals surface area contributed by atoms with Gasteiger partial charge in [0.15, 0.2) is 6.10 Å². The number of likely N-dealkylation sites (tertiary alicyclic amines) is 1. The Kier molecular flexibility index (Phi) is 7.01. The lowest BCUT2D eigenvalue weighted by atomic mass is 9.97. The fourth-order valence-electron chi connectivity index (χ4n) is 4.55. The van der Waals surface area contributed by atoms with Gasteiger partial charge in [0.25, 0.3) is 5.91 Å². The van der Waals surface area contributed by atoms with E-state index >= 15 is 0 Å². The molecule has 0 radical (unpaired) electrons. The summed E-state index contributed by atoms with van der Waals surface area (Å²) in [6.45, 7) is 6.76. The summed E-state index contributed by atoms with van der Waals surface area (Å²) in [5.74, 6) is -0.229. The standard InChI is InChI=1S/C27H30N2O5/c1-4-33-27(32)19-9-7-13-29(16-19)26(31)18(3)34-20-11-12-22-23(15-25(30)28-24(22)14-20)21-10-6-5-8-17(21)2/h5-6,8,10-12,14-15,18-19H,4,7,9,13,16H2,1-3H3,(H,28,30)/t18-,19+/m1/s1. The molecule has 2 atom stereocenters. The number of carbonyl (C=O) groups excluding carboxylic acids is 2. The van der Waals surface area contributed by atoms with Crippen LogP contribution in [0, 0.1) is 12.8 Å². The van der Waals surface area contributed by atoms with E-state index in [1.165, 1.54) is 0 Å². The maximum Gasteiger partial charge on any atom is 0.310 e. The molecular formula is C27H30N2O5. The first-order chi connectivity index (χ1) is 16.4. The molecular weight excluding hydrogens is 432 g/mol. The Labute approximate surface area is 198 Å². The van der Waals surface area contributed by atoms with Gasteiger partial charge in [-0.05, 0) is 62.4 Å². The van der Waals surface area contributed by atoms with Crippen molar-refractivity contribution in [3.05, 3.63) is 64.4 Å². The summed E-state index contributed by atoms with van der Waals surface area (Å²) in [7, 11) is 0. The molecule has 2 aromatic carbocycles. The molecule has 0 bridgehead atoms. The largest absolute Gasteiger partial charge is 0.481 e. The molecule has 0 unspecified atom stereocenters. The van der Waals surface area contributed by atoms with Gasteiger partial charge in [0.05, 0.1) is 18.0 Å². The molecule has 0 saturated carbocycles. The first-order valence-electron chi connectivity index (χ1n) is 11.7. The Morgan fingerprint density at radius 1 is 1.15 bits per heavy atom. The third kappa shape index (κ3) is 4.98. The molecule has 34 heavy (non-hydrogen) atoms. The van der Waals surface area contributed by atoms with E-state index in [1.54, 1.807) is 30.9 Å². The number of pyridine rings is 1. The third-order valence-electron chi connectivity index (χ3n) is 6.26. The topological polar surface area (TPSA) is 88.7 Å². The highest BCUT2D eigenvalue weighted by molar-refractivity contribution is 5.95. The first kappa shape index (κ1) is 23.5. The van der Waals surface area contributed by atoms with Crippen molar-refractivity contribution in [2.75, 3.05) is 19.7 Å². The molecule has 2 heterocycles. The number of hydrogen-bond acceptors (Lipinski definition) is 5. The Morgan fingerprint density at radius 3 is 2.71 bits per heavy atom. The normalized spacial score (nSPS) is 16.8. The van der Waals surface area contributed by atoms with Gasteiger partial charge >= 0.3 is 5.97 Å². The third-order valence-corrected chi connectivity index (χ3v) is 6.26. The number of esters is 1. The molecule has 1 aromatic heterocycles. The number of aryl methyl sites for hydroxylation is 1. The summed E-state index contributed by atoms with van der Waals surface area (Å²) in [4.78, 5) is 42.0. The van der Waals surface area contributed by atoms with Crippen LogP contribution in [-0.2, 0) is 14.3 Å². The van der Waals surface area contributed by atoms with Crippen molar-refractivity contribution < 1.29 is 19.1 Å². The van der Waals surface area contributed by atoms with Crippen molar-refractivity contribution >= 4 is 22.8 Å². The maximum absolute atomic E-state index is 13.0. The van der Waals surface area contributed by atoms with Crippen LogP contribution < -0.4 is 10.3 Å². The lowest BCUT2D eigenvalue weighted by molar-refractivity contribution is -0.152. The highest BCUT2D eigenvalue weighted by Gasteiger charge is 2.31. The van der Waals surface area contributed by atoms with Crippen LogP contribution in [0.3, 0.4) is 0 Å². The summed E-state index contributed by atoms with van der Waals surface area (Å²) in [5.41, 5.74) is 3.37. The molecule has 1 aliphatic rings. The first-order valence-corrected chi connectivity index (χ1v) is 11.7. The molecule has 1 amide bonds. The minimum Gasteiger partial charge on any atom is -0.481 e. The van der Waals surface area contributed by atoms with Gasteiger partial charge in [0, 0.05) is 30.6 Å². The van der Waals surface area contributed by atoms with Crippen molar-refractivity contribution in [3.8, 4) is 16.9 Å². The molecule has 4 rings (SSSR count). The molecule has 178 valence electrons. The lowest BCUT2D eigenvalue weighted by Gasteiger charge is -2.33. The van der Waals surface area contributed by atoms with E-state index in [0.29, 0.717) is 31.0 Å². The number of fused-ring (bicyclic) bond motifs is 1. The number of benzene rings is 2. The van der Waals surface area contributed by atoms with Crippen LogP contribution >= 0.6 is 0 Å². The number of amides is 1. The predicted octanol–water partition coefficient (Wildman–Crippen LogP) is 4.07. The minimum atomic E-state index is -0.732. The lowest BCUT2D eigenvalue weighted by Crippen LogP contribution is -2.47. The van der Waals surface area contributed by atoms with Gasteiger partial charge in [-0.2, -0.15) is 0 Å². The van der Waals surface area contributed by atoms with Crippen molar-refractivity contribution in [1.29, 1.82) is 0 Å². The number of nitrogens with one attached hydrogen (secondary N) is 1. The van der Waals surface area contributed by atoms with E-state index in [-0.39, 0.29) is 23.4 Å². The maximum atomic E-state index is 13.0. The number of H-pyrrole nitrogens is 1. The average Bonchev–Trinajstić information content (AvgIpc) is 2.83. The summed E-state index contributed by atoms with van der Waals surface area (Å²) < 4.78 is 11.1. The molecule has 0 aliphatic carbocycles. The molecule has 1 fully saturated rings. The Morgan fingerprint density at radius 2 is 1.94 bits per heavy atom.